The molecule has 1 amide bonds. The summed E-state index contributed by atoms with van der Waals surface area (Å²) in [7, 11) is 0. The van der Waals surface area contributed by atoms with Crippen LogP contribution >= 0.6 is 22.9 Å². The Balaban J connectivity index is 1.89. The average Bonchev–Trinajstić information content (AvgIpc) is 2.92. The number of piperazine rings is 1. The van der Waals surface area contributed by atoms with Crippen molar-refractivity contribution < 1.29 is 14.3 Å². The molecule has 7 heteroatoms. The van der Waals surface area contributed by atoms with Crippen LogP contribution in [-0.4, -0.2) is 60.5 Å². The Morgan fingerprint density at radius 3 is 2.52 bits per heavy atom. The van der Waals surface area contributed by atoms with Crippen LogP contribution in [0.15, 0.2) is 12.1 Å². The van der Waals surface area contributed by atoms with Crippen LogP contribution in [0.2, 0.25) is 4.34 Å². The lowest BCUT2D eigenvalue weighted by molar-refractivity contribution is 0.0606. The Hall–Kier alpha value is -1.11. The van der Waals surface area contributed by atoms with Gasteiger partial charge in [-0.2, -0.15) is 0 Å². The number of carbonyl (C=O) groups excluding carboxylic acids is 2. The molecule has 1 aromatic heterocycles. The zero-order valence-corrected chi connectivity index (χ0v) is 13.7. The topological polar surface area (TPSA) is 49.9 Å². The van der Waals surface area contributed by atoms with E-state index in [-0.39, 0.29) is 17.9 Å². The number of halogens is 1. The van der Waals surface area contributed by atoms with Crippen LogP contribution in [-0.2, 0) is 4.74 Å². The maximum absolute atomic E-state index is 12.4. The second kappa shape index (κ2) is 7.24. The third-order valence-corrected chi connectivity index (χ3v) is 4.83. The summed E-state index contributed by atoms with van der Waals surface area (Å²) in [4.78, 5) is 28.5. The van der Waals surface area contributed by atoms with Crippen LogP contribution in [0, 0.1) is 0 Å². The normalized spacial score (nSPS) is 17.6. The first-order valence-corrected chi connectivity index (χ1v) is 8.17. The minimum Gasteiger partial charge on any atom is -0.450 e. The lowest BCUT2D eigenvalue weighted by atomic mass is 10.1. The molecule has 2 heterocycles. The molecule has 1 saturated heterocycles. The maximum Gasteiger partial charge on any atom is 0.409 e. The highest BCUT2D eigenvalue weighted by Gasteiger charge is 2.28. The number of amides is 1. The van der Waals surface area contributed by atoms with Gasteiger partial charge in [0.05, 0.1) is 21.9 Å². The standard InChI is InChI=1S/C14H19ClN2O3S/c1-3-20-14(19)17-8-6-16(7-9-17)10(2)13(18)11-4-5-12(15)21-11/h4-5,10H,3,6-9H2,1-2H3. The minimum absolute atomic E-state index is 0.0801. The highest BCUT2D eigenvalue weighted by molar-refractivity contribution is 7.18. The molecule has 116 valence electrons. The molecule has 1 atom stereocenters. The zero-order valence-electron chi connectivity index (χ0n) is 12.2. The third kappa shape index (κ3) is 3.96. The summed E-state index contributed by atoms with van der Waals surface area (Å²) >= 11 is 7.18. The van der Waals surface area contributed by atoms with Gasteiger partial charge in [0, 0.05) is 26.2 Å². The first-order chi connectivity index (χ1) is 10.0. The molecule has 1 fully saturated rings. The van der Waals surface area contributed by atoms with Crippen molar-refractivity contribution in [2.45, 2.75) is 19.9 Å². The van der Waals surface area contributed by atoms with E-state index in [9.17, 15) is 9.59 Å². The van der Waals surface area contributed by atoms with Crippen molar-refractivity contribution in [1.29, 1.82) is 0 Å². The number of carbonyl (C=O) groups is 2. The van der Waals surface area contributed by atoms with Crippen molar-refractivity contribution in [3.05, 3.63) is 21.3 Å². The molecule has 1 unspecified atom stereocenters. The fourth-order valence-electron chi connectivity index (χ4n) is 2.32. The van der Waals surface area contributed by atoms with Crippen molar-refractivity contribution in [3.63, 3.8) is 0 Å². The Labute approximate surface area is 133 Å². The molecule has 0 aromatic carbocycles. The van der Waals surface area contributed by atoms with Gasteiger partial charge in [0.15, 0.2) is 5.78 Å². The van der Waals surface area contributed by atoms with Crippen molar-refractivity contribution in [3.8, 4) is 0 Å². The van der Waals surface area contributed by atoms with E-state index in [1.165, 1.54) is 11.3 Å². The molecule has 5 nitrogen and oxygen atoms in total. The predicted octanol–water partition coefficient (Wildman–Crippen LogP) is 2.75. The Morgan fingerprint density at radius 2 is 2.00 bits per heavy atom. The van der Waals surface area contributed by atoms with Crippen LogP contribution < -0.4 is 0 Å². The van der Waals surface area contributed by atoms with Gasteiger partial charge in [0.2, 0.25) is 0 Å². The van der Waals surface area contributed by atoms with E-state index in [0.717, 1.165) is 0 Å². The van der Waals surface area contributed by atoms with Crippen molar-refractivity contribution in [2.24, 2.45) is 0 Å². The number of ether oxygens (including phenoxy) is 1. The van der Waals surface area contributed by atoms with Gasteiger partial charge in [-0.25, -0.2) is 4.79 Å². The quantitative estimate of drug-likeness (QED) is 0.796. The fraction of sp³-hybridized carbons (Fsp3) is 0.571. The highest BCUT2D eigenvalue weighted by Crippen LogP contribution is 2.24. The Kier molecular flexibility index (Phi) is 5.61. The van der Waals surface area contributed by atoms with Crippen molar-refractivity contribution >= 4 is 34.8 Å². The molecule has 0 N–H and O–H groups in total. The van der Waals surface area contributed by atoms with E-state index in [2.05, 4.69) is 4.90 Å². The molecule has 0 radical (unpaired) electrons. The van der Waals surface area contributed by atoms with Crippen LogP contribution in [0.25, 0.3) is 0 Å². The summed E-state index contributed by atoms with van der Waals surface area (Å²) in [5.74, 6) is 0.0801. The molecular formula is C14H19ClN2O3S. The molecule has 1 aromatic rings. The van der Waals surface area contributed by atoms with Crippen LogP contribution in [0.1, 0.15) is 23.5 Å². The lowest BCUT2D eigenvalue weighted by Crippen LogP contribution is -2.53. The lowest BCUT2D eigenvalue weighted by Gasteiger charge is -2.36. The number of ketones is 1. The molecule has 21 heavy (non-hydrogen) atoms. The molecule has 1 aliphatic heterocycles. The van der Waals surface area contributed by atoms with Gasteiger partial charge >= 0.3 is 6.09 Å². The largest absolute Gasteiger partial charge is 0.450 e. The summed E-state index contributed by atoms with van der Waals surface area (Å²) in [5, 5.41) is 0. The highest BCUT2D eigenvalue weighted by atomic mass is 35.5. The SMILES string of the molecule is CCOC(=O)N1CCN(C(C)C(=O)c2ccc(Cl)s2)CC1. The second-order valence-corrected chi connectivity index (χ2v) is 6.58. The van der Waals surface area contributed by atoms with Crippen LogP contribution in [0.5, 0.6) is 0 Å². The number of rotatable bonds is 4. The summed E-state index contributed by atoms with van der Waals surface area (Å²) in [6.45, 7) is 6.59. The van der Waals surface area contributed by atoms with Gasteiger partial charge in [-0.05, 0) is 26.0 Å². The Bertz CT molecular complexity index is 512. The fourth-order valence-corrected chi connectivity index (χ4v) is 3.39. The first kappa shape index (κ1) is 16.3. The number of nitrogens with zero attached hydrogens (tertiary/aromatic N) is 2. The minimum atomic E-state index is -0.277. The number of hydrogen-bond acceptors (Lipinski definition) is 5. The average molecular weight is 331 g/mol. The van der Waals surface area contributed by atoms with Crippen molar-refractivity contribution in [2.75, 3.05) is 32.8 Å². The molecule has 0 spiro atoms. The van der Waals surface area contributed by atoms with E-state index in [0.29, 0.717) is 42.0 Å². The van der Waals surface area contributed by atoms with E-state index in [1.54, 1.807) is 24.0 Å². The first-order valence-electron chi connectivity index (χ1n) is 6.98. The predicted molar refractivity (Wildman–Crippen MR) is 83.3 cm³/mol. The third-order valence-electron chi connectivity index (χ3n) is 3.58. The second-order valence-electron chi connectivity index (χ2n) is 4.87. The van der Waals surface area contributed by atoms with Gasteiger partial charge < -0.3 is 9.64 Å². The number of Topliss-reactive ketones (excluding diaryl/α,β-unsaturated/α-hetero) is 1. The molecule has 0 bridgehead atoms. The van der Waals surface area contributed by atoms with E-state index in [4.69, 9.17) is 16.3 Å². The van der Waals surface area contributed by atoms with E-state index >= 15 is 0 Å². The summed E-state index contributed by atoms with van der Waals surface area (Å²) in [6, 6.07) is 3.30. The maximum atomic E-state index is 12.4. The zero-order chi connectivity index (χ0) is 15.4. The Morgan fingerprint density at radius 1 is 1.33 bits per heavy atom. The van der Waals surface area contributed by atoms with Gasteiger partial charge in [-0.15, -0.1) is 11.3 Å². The van der Waals surface area contributed by atoms with Crippen LogP contribution in [0.4, 0.5) is 4.79 Å². The summed E-state index contributed by atoms with van der Waals surface area (Å²) in [6.07, 6.45) is -0.277. The molecule has 0 saturated carbocycles. The molecule has 2 rings (SSSR count). The summed E-state index contributed by atoms with van der Waals surface area (Å²) < 4.78 is 5.61. The molecule has 0 aliphatic carbocycles. The molecular weight excluding hydrogens is 312 g/mol. The smallest absolute Gasteiger partial charge is 0.409 e. The van der Waals surface area contributed by atoms with Crippen molar-refractivity contribution in [1.82, 2.24) is 9.80 Å². The number of hydrogen-bond donors (Lipinski definition) is 0. The van der Waals surface area contributed by atoms with Gasteiger partial charge in [-0.1, -0.05) is 11.6 Å². The van der Waals surface area contributed by atoms with Gasteiger partial charge in [0.25, 0.3) is 0 Å². The summed E-state index contributed by atoms with van der Waals surface area (Å²) in [5.41, 5.74) is 0. The van der Waals surface area contributed by atoms with E-state index < -0.39 is 0 Å². The number of thiophene rings is 1. The van der Waals surface area contributed by atoms with Gasteiger partial charge in [0.1, 0.15) is 0 Å². The molecule has 1 aliphatic rings. The van der Waals surface area contributed by atoms with Gasteiger partial charge in [-0.3, -0.25) is 9.69 Å². The monoisotopic (exact) mass is 330 g/mol. The van der Waals surface area contributed by atoms with Crippen LogP contribution in [0.3, 0.4) is 0 Å². The van der Waals surface area contributed by atoms with E-state index in [1.807, 2.05) is 6.92 Å².